The van der Waals surface area contributed by atoms with Crippen molar-refractivity contribution >= 4 is 28.8 Å². The number of amides is 1. The van der Waals surface area contributed by atoms with Gasteiger partial charge in [0.05, 0.1) is 11.0 Å². The molecule has 1 amide bonds. The zero-order chi connectivity index (χ0) is 18.2. The number of anilines is 1. The van der Waals surface area contributed by atoms with E-state index in [0.717, 1.165) is 43.2 Å². The fourth-order valence-electron chi connectivity index (χ4n) is 3.72. The lowest BCUT2D eigenvalue weighted by Crippen LogP contribution is -2.49. The minimum absolute atomic E-state index is 0.119. The Labute approximate surface area is 160 Å². The third kappa shape index (κ3) is 3.06. The third-order valence-corrected chi connectivity index (χ3v) is 6.33. The maximum absolute atomic E-state index is 12.9. The maximum atomic E-state index is 12.9. The molecule has 8 nitrogen and oxygen atoms in total. The number of nitrogens with zero attached hydrogens (tertiary/aromatic N) is 6. The van der Waals surface area contributed by atoms with Crippen LogP contribution in [0.5, 0.6) is 0 Å². The number of aromatic nitrogens is 4. The Morgan fingerprint density at radius 1 is 1.19 bits per heavy atom. The van der Waals surface area contributed by atoms with E-state index in [9.17, 15) is 4.79 Å². The lowest BCUT2D eigenvalue weighted by atomic mass is 10.2. The Morgan fingerprint density at radius 3 is 2.89 bits per heavy atom. The molecule has 1 atom stereocenters. The first-order valence-corrected chi connectivity index (χ1v) is 10.0. The molecule has 0 saturated carbocycles. The van der Waals surface area contributed by atoms with E-state index in [4.69, 9.17) is 4.74 Å². The number of ether oxygens (including phenoxy) is 1. The van der Waals surface area contributed by atoms with Gasteiger partial charge in [0, 0.05) is 43.9 Å². The summed E-state index contributed by atoms with van der Waals surface area (Å²) in [5.74, 6) is 1.72. The van der Waals surface area contributed by atoms with Gasteiger partial charge in [0.15, 0.2) is 0 Å². The minimum atomic E-state index is 0.119. The molecule has 0 unspecified atom stereocenters. The first kappa shape index (κ1) is 16.6. The highest BCUT2D eigenvalue weighted by molar-refractivity contribution is 7.14. The summed E-state index contributed by atoms with van der Waals surface area (Å²) in [6, 6.07) is 5.95. The molecule has 2 aliphatic rings. The van der Waals surface area contributed by atoms with Crippen LogP contribution in [0.15, 0.2) is 30.7 Å². The summed E-state index contributed by atoms with van der Waals surface area (Å²) < 4.78 is 7.61. The summed E-state index contributed by atoms with van der Waals surface area (Å²) in [7, 11) is 0. The predicted octanol–water partition coefficient (Wildman–Crippen LogP) is 2.00. The van der Waals surface area contributed by atoms with Crippen LogP contribution in [-0.4, -0.2) is 63.2 Å². The quantitative estimate of drug-likeness (QED) is 0.688. The Hall–Kier alpha value is -2.52. The number of hydrogen-bond acceptors (Lipinski definition) is 7. The van der Waals surface area contributed by atoms with Crippen molar-refractivity contribution in [1.82, 2.24) is 24.5 Å². The topological polar surface area (TPSA) is 75.9 Å². The Balaban J connectivity index is 1.26. The van der Waals surface area contributed by atoms with Crippen molar-refractivity contribution in [3.63, 3.8) is 0 Å². The fraction of sp³-hybridized carbons (Fsp3) is 0.444. The Kier molecular flexibility index (Phi) is 4.25. The fourth-order valence-corrected chi connectivity index (χ4v) is 4.78. The predicted molar refractivity (Wildman–Crippen MR) is 101 cm³/mol. The van der Waals surface area contributed by atoms with Crippen LogP contribution in [0.4, 0.5) is 5.82 Å². The number of piperazine rings is 1. The van der Waals surface area contributed by atoms with E-state index in [-0.39, 0.29) is 12.0 Å². The van der Waals surface area contributed by atoms with Gasteiger partial charge in [-0.2, -0.15) is 0 Å². The van der Waals surface area contributed by atoms with Crippen molar-refractivity contribution in [1.29, 1.82) is 0 Å². The second kappa shape index (κ2) is 6.90. The molecule has 0 N–H and O–H groups in total. The summed E-state index contributed by atoms with van der Waals surface area (Å²) >= 11 is 1.57. The molecule has 5 heterocycles. The van der Waals surface area contributed by atoms with Crippen LogP contribution in [-0.2, 0) is 4.74 Å². The molecule has 140 valence electrons. The monoisotopic (exact) mass is 384 g/mol. The van der Waals surface area contributed by atoms with E-state index in [0.29, 0.717) is 18.9 Å². The average Bonchev–Trinajstić information content (AvgIpc) is 3.48. The van der Waals surface area contributed by atoms with Crippen molar-refractivity contribution < 1.29 is 9.53 Å². The first-order valence-electron chi connectivity index (χ1n) is 9.20. The highest BCUT2D eigenvalue weighted by Crippen LogP contribution is 2.33. The lowest BCUT2D eigenvalue weighted by molar-refractivity contribution is 0.0751. The van der Waals surface area contributed by atoms with Crippen LogP contribution in [0.2, 0.25) is 0 Å². The van der Waals surface area contributed by atoms with Gasteiger partial charge >= 0.3 is 0 Å². The second-order valence-corrected chi connectivity index (χ2v) is 7.90. The summed E-state index contributed by atoms with van der Waals surface area (Å²) in [5.41, 5.74) is 0. The van der Waals surface area contributed by atoms with Gasteiger partial charge in [0.25, 0.3) is 11.7 Å². The summed E-state index contributed by atoms with van der Waals surface area (Å²) in [6.45, 7) is 3.75. The van der Waals surface area contributed by atoms with Gasteiger partial charge in [-0.05, 0) is 31.0 Å². The van der Waals surface area contributed by atoms with E-state index >= 15 is 0 Å². The maximum Gasteiger partial charge on any atom is 0.264 e. The molecule has 2 aliphatic heterocycles. The molecular formula is C18H20N6O2S. The van der Waals surface area contributed by atoms with Crippen LogP contribution in [0.3, 0.4) is 0 Å². The van der Waals surface area contributed by atoms with E-state index in [1.165, 1.54) is 4.88 Å². The van der Waals surface area contributed by atoms with E-state index in [1.54, 1.807) is 23.9 Å². The summed E-state index contributed by atoms with van der Waals surface area (Å²) in [6.07, 6.45) is 5.74. The number of hydrogen-bond donors (Lipinski definition) is 0. The van der Waals surface area contributed by atoms with Gasteiger partial charge in [-0.15, -0.1) is 21.5 Å². The highest BCUT2D eigenvalue weighted by Gasteiger charge is 2.26. The van der Waals surface area contributed by atoms with E-state index in [2.05, 4.69) is 20.1 Å². The Morgan fingerprint density at radius 2 is 2.07 bits per heavy atom. The SMILES string of the molecule is O=C(c1ccc([C@H]2CCCO2)s1)N1CCN(c2ccnc3nncn23)CC1. The number of thiophene rings is 1. The normalized spacial score (nSPS) is 20.5. The largest absolute Gasteiger partial charge is 0.373 e. The van der Waals surface area contributed by atoms with Crippen LogP contribution < -0.4 is 4.90 Å². The average molecular weight is 384 g/mol. The summed E-state index contributed by atoms with van der Waals surface area (Å²) in [5, 5.41) is 7.92. The van der Waals surface area contributed by atoms with Gasteiger partial charge in [0.2, 0.25) is 0 Å². The molecule has 2 saturated heterocycles. The van der Waals surface area contributed by atoms with Crippen molar-refractivity contribution in [2.24, 2.45) is 0 Å². The van der Waals surface area contributed by atoms with Gasteiger partial charge in [-0.3, -0.25) is 9.20 Å². The van der Waals surface area contributed by atoms with Crippen LogP contribution in [0.1, 0.15) is 33.5 Å². The number of carbonyl (C=O) groups excluding carboxylic acids is 1. The molecule has 2 fully saturated rings. The van der Waals surface area contributed by atoms with Crippen molar-refractivity contribution in [3.8, 4) is 0 Å². The summed E-state index contributed by atoms with van der Waals surface area (Å²) in [4.78, 5) is 23.2. The molecule has 0 aliphatic carbocycles. The van der Waals surface area contributed by atoms with Gasteiger partial charge in [-0.1, -0.05) is 0 Å². The molecule has 5 rings (SSSR count). The molecule has 0 aromatic carbocycles. The Bertz CT molecular complexity index is 956. The molecule has 3 aromatic heterocycles. The molecule has 27 heavy (non-hydrogen) atoms. The molecule has 0 bridgehead atoms. The smallest absolute Gasteiger partial charge is 0.264 e. The van der Waals surface area contributed by atoms with Crippen molar-refractivity contribution in [2.75, 3.05) is 37.7 Å². The van der Waals surface area contributed by atoms with Crippen molar-refractivity contribution in [2.45, 2.75) is 18.9 Å². The molecule has 9 heteroatoms. The van der Waals surface area contributed by atoms with Crippen LogP contribution >= 0.6 is 11.3 Å². The molecular weight excluding hydrogens is 364 g/mol. The van der Waals surface area contributed by atoms with Crippen molar-refractivity contribution in [3.05, 3.63) is 40.5 Å². The zero-order valence-corrected chi connectivity index (χ0v) is 15.6. The van der Waals surface area contributed by atoms with E-state index < -0.39 is 0 Å². The second-order valence-electron chi connectivity index (χ2n) is 6.79. The van der Waals surface area contributed by atoms with Crippen LogP contribution in [0.25, 0.3) is 5.78 Å². The molecule has 3 aromatic rings. The standard InChI is InChI=1S/C18H20N6O2S/c25-17(15-4-3-14(27-15)13-2-1-11-26-13)23-9-7-22(8-10-23)16-5-6-19-18-21-20-12-24(16)18/h3-6,12-13H,1-2,7-11H2/t13-/m1/s1. The van der Waals surface area contributed by atoms with Gasteiger partial charge in [-0.25, -0.2) is 4.98 Å². The number of fused-ring (bicyclic) bond motifs is 1. The highest BCUT2D eigenvalue weighted by atomic mass is 32.1. The molecule has 0 spiro atoms. The van der Waals surface area contributed by atoms with E-state index in [1.807, 2.05) is 27.5 Å². The number of rotatable bonds is 3. The third-order valence-electron chi connectivity index (χ3n) is 5.17. The zero-order valence-electron chi connectivity index (χ0n) is 14.8. The lowest BCUT2D eigenvalue weighted by Gasteiger charge is -2.35. The van der Waals surface area contributed by atoms with Crippen LogP contribution in [0, 0.1) is 0 Å². The minimum Gasteiger partial charge on any atom is -0.373 e. The first-order chi connectivity index (χ1) is 13.3. The number of carbonyl (C=O) groups is 1. The molecule has 0 radical (unpaired) electrons. The van der Waals surface area contributed by atoms with Gasteiger partial charge < -0.3 is 14.5 Å². The van der Waals surface area contributed by atoms with Gasteiger partial charge in [0.1, 0.15) is 12.1 Å².